The normalized spacial score (nSPS) is 9.94. The van der Waals surface area contributed by atoms with Gasteiger partial charge in [0.15, 0.2) is 0 Å². The summed E-state index contributed by atoms with van der Waals surface area (Å²) in [6, 6.07) is 7.86. The molecular formula is C13H14O4. The Balaban J connectivity index is 2.38. The second-order valence-electron chi connectivity index (χ2n) is 3.90. The summed E-state index contributed by atoms with van der Waals surface area (Å²) in [5.74, 6) is -3.83. The number of carbonyl (C=O) groups excluding carboxylic acids is 2. The van der Waals surface area contributed by atoms with Gasteiger partial charge in [0.05, 0.1) is 0 Å². The number of benzene rings is 1. The summed E-state index contributed by atoms with van der Waals surface area (Å²) in [6.07, 6.45) is 1.14. The number of hydrogen-bond donors (Lipinski definition) is 1. The van der Waals surface area contributed by atoms with E-state index >= 15 is 0 Å². The highest BCUT2D eigenvalue weighted by atomic mass is 16.4. The maximum atomic E-state index is 11.1. The highest BCUT2D eigenvalue weighted by Gasteiger charge is 2.20. The zero-order chi connectivity index (χ0) is 12.8. The molecule has 0 heterocycles. The Hall–Kier alpha value is -1.97. The fourth-order valence-corrected chi connectivity index (χ4v) is 1.44. The third-order valence-corrected chi connectivity index (χ3v) is 2.44. The van der Waals surface area contributed by atoms with E-state index in [2.05, 4.69) is 0 Å². The monoisotopic (exact) mass is 234 g/mol. The van der Waals surface area contributed by atoms with Gasteiger partial charge in [-0.3, -0.25) is 9.59 Å². The molecule has 0 saturated carbocycles. The number of aliphatic carboxylic acids is 1. The van der Waals surface area contributed by atoms with Crippen molar-refractivity contribution in [1.82, 2.24) is 0 Å². The summed E-state index contributed by atoms with van der Waals surface area (Å²) in [5.41, 5.74) is 2.23. The van der Waals surface area contributed by atoms with Gasteiger partial charge in [-0.15, -0.1) is 0 Å². The predicted molar refractivity (Wildman–Crippen MR) is 61.8 cm³/mol. The average Bonchev–Trinajstić information content (AvgIpc) is 2.30. The van der Waals surface area contributed by atoms with Gasteiger partial charge in [0.25, 0.3) is 0 Å². The number of carboxylic acid groups (broad SMARTS) is 1. The van der Waals surface area contributed by atoms with Crippen molar-refractivity contribution in [3.05, 3.63) is 35.4 Å². The van der Waals surface area contributed by atoms with Crippen LogP contribution in [0.15, 0.2) is 24.3 Å². The molecule has 90 valence electrons. The molecule has 17 heavy (non-hydrogen) atoms. The van der Waals surface area contributed by atoms with Gasteiger partial charge < -0.3 is 5.11 Å². The standard InChI is InChI=1S/C13H14O4/c1-9-5-7-10(8-6-9)3-2-4-11(14)12(15)13(16)17/h5-8H,2-4H2,1H3,(H,16,17). The first-order valence-electron chi connectivity index (χ1n) is 5.36. The van der Waals surface area contributed by atoms with Crippen molar-refractivity contribution in [1.29, 1.82) is 0 Å². The quantitative estimate of drug-likeness (QED) is 0.598. The minimum atomic E-state index is -1.68. The van der Waals surface area contributed by atoms with Crippen LogP contribution in [0.25, 0.3) is 0 Å². The van der Waals surface area contributed by atoms with Crippen molar-refractivity contribution in [2.75, 3.05) is 0 Å². The summed E-state index contributed by atoms with van der Waals surface area (Å²) in [7, 11) is 0. The van der Waals surface area contributed by atoms with E-state index in [9.17, 15) is 14.4 Å². The molecule has 0 atom stereocenters. The highest BCUT2D eigenvalue weighted by Crippen LogP contribution is 2.07. The number of rotatable bonds is 6. The number of Topliss-reactive ketones (excluding diaryl/α,β-unsaturated/α-hetero) is 2. The van der Waals surface area contributed by atoms with Crippen LogP contribution in [0.2, 0.25) is 0 Å². The van der Waals surface area contributed by atoms with Crippen molar-refractivity contribution in [3.63, 3.8) is 0 Å². The van der Waals surface area contributed by atoms with Gasteiger partial charge in [-0.2, -0.15) is 0 Å². The molecule has 0 fully saturated rings. The first kappa shape index (κ1) is 13.1. The topological polar surface area (TPSA) is 71.4 Å². The molecule has 0 saturated heterocycles. The molecule has 0 aliphatic rings. The summed E-state index contributed by atoms with van der Waals surface area (Å²) in [6.45, 7) is 1.98. The van der Waals surface area contributed by atoms with Gasteiger partial charge in [0, 0.05) is 6.42 Å². The molecule has 4 nitrogen and oxygen atoms in total. The van der Waals surface area contributed by atoms with Gasteiger partial charge in [-0.05, 0) is 25.3 Å². The largest absolute Gasteiger partial charge is 0.475 e. The Kier molecular flexibility index (Phi) is 4.57. The number of aryl methyl sites for hydroxylation is 2. The van der Waals surface area contributed by atoms with E-state index in [1.165, 1.54) is 0 Å². The Labute approximate surface area is 99.3 Å². The van der Waals surface area contributed by atoms with Crippen molar-refractivity contribution >= 4 is 17.5 Å². The van der Waals surface area contributed by atoms with Crippen LogP contribution >= 0.6 is 0 Å². The van der Waals surface area contributed by atoms with Crippen molar-refractivity contribution in [3.8, 4) is 0 Å². The van der Waals surface area contributed by atoms with Gasteiger partial charge in [0.2, 0.25) is 5.78 Å². The number of carboxylic acids is 1. The lowest BCUT2D eigenvalue weighted by atomic mass is 10.0. The maximum absolute atomic E-state index is 11.1. The number of hydrogen-bond acceptors (Lipinski definition) is 3. The van der Waals surface area contributed by atoms with Gasteiger partial charge in [-0.1, -0.05) is 29.8 Å². The molecule has 4 heteroatoms. The van der Waals surface area contributed by atoms with E-state index in [0.717, 1.165) is 11.1 Å². The molecule has 1 rings (SSSR count). The first-order valence-corrected chi connectivity index (χ1v) is 5.36. The molecule has 1 aromatic carbocycles. The SMILES string of the molecule is Cc1ccc(CCCC(=O)C(=O)C(=O)O)cc1. The van der Waals surface area contributed by atoms with Gasteiger partial charge in [-0.25, -0.2) is 4.79 Å². The number of ketones is 2. The minimum absolute atomic E-state index is 0.0149. The van der Waals surface area contributed by atoms with Gasteiger partial charge >= 0.3 is 11.8 Å². The van der Waals surface area contributed by atoms with E-state index in [1.54, 1.807) is 0 Å². The van der Waals surface area contributed by atoms with Crippen LogP contribution in [0.1, 0.15) is 24.0 Å². The first-order chi connectivity index (χ1) is 8.00. The summed E-state index contributed by atoms with van der Waals surface area (Å²) >= 11 is 0. The molecule has 0 amide bonds. The van der Waals surface area contributed by atoms with Crippen molar-refractivity contribution < 1.29 is 19.5 Å². The fraction of sp³-hybridized carbons (Fsp3) is 0.308. The Morgan fingerprint density at radius 1 is 1.12 bits per heavy atom. The fourth-order valence-electron chi connectivity index (χ4n) is 1.44. The third-order valence-electron chi connectivity index (χ3n) is 2.44. The van der Waals surface area contributed by atoms with Crippen LogP contribution in [0.3, 0.4) is 0 Å². The predicted octanol–water partition coefficient (Wildman–Crippen LogP) is 1.54. The lowest BCUT2D eigenvalue weighted by molar-refractivity contribution is -0.152. The Bertz CT molecular complexity index is 431. The Morgan fingerprint density at radius 3 is 2.24 bits per heavy atom. The molecule has 0 radical (unpaired) electrons. The van der Waals surface area contributed by atoms with Crippen LogP contribution < -0.4 is 0 Å². The van der Waals surface area contributed by atoms with E-state index < -0.39 is 17.5 Å². The van der Waals surface area contributed by atoms with Crippen LogP contribution in [-0.2, 0) is 20.8 Å². The molecular weight excluding hydrogens is 220 g/mol. The second-order valence-corrected chi connectivity index (χ2v) is 3.90. The van der Waals surface area contributed by atoms with Crippen molar-refractivity contribution in [2.45, 2.75) is 26.2 Å². The van der Waals surface area contributed by atoms with Gasteiger partial charge in [0.1, 0.15) is 0 Å². The zero-order valence-corrected chi connectivity index (χ0v) is 9.60. The van der Waals surface area contributed by atoms with Crippen LogP contribution in [0.5, 0.6) is 0 Å². The molecule has 0 aliphatic carbocycles. The highest BCUT2D eigenvalue weighted by molar-refractivity contribution is 6.61. The molecule has 0 spiro atoms. The van der Waals surface area contributed by atoms with E-state index in [4.69, 9.17) is 5.11 Å². The van der Waals surface area contributed by atoms with Crippen LogP contribution in [0.4, 0.5) is 0 Å². The smallest absolute Gasteiger partial charge is 0.380 e. The van der Waals surface area contributed by atoms with E-state index in [1.807, 2.05) is 31.2 Å². The average molecular weight is 234 g/mol. The summed E-state index contributed by atoms with van der Waals surface area (Å²) < 4.78 is 0. The lowest BCUT2D eigenvalue weighted by Crippen LogP contribution is -2.23. The van der Waals surface area contributed by atoms with Crippen LogP contribution in [0, 0.1) is 6.92 Å². The summed E-state index contributed by atoms with van der Waals surface area (Å²) in [5, 5.41) is 8.33. The Morgan fingerprint density at radius 2 is 1.71 bits per heavy atom. The molecule has 0 bridgehead atoms. The molecule has 0 unspecified atom stereocenters. The zero-order valence-electron chi connectivity index (χ0n) is 9.60. The molecule has 0 aromatic heterocycles. The molecule has 1 aromatic rings. The summed E-state index contributed by atoms with van der Waals surface area (Å²) in [4.78, 5) is 32.1. The van der Waals surface area contributed by atoms with Crippen LogP contribution in [-0.4, -0.2) is 22.6 Å². The minimum Gasteiger partial charge on any atom is -0.475 e. The van der Waals surface area contributed by atoms with E-state index in [0.29, 0.717) is 12.8 Å². The van der Waals surface area contributed by atoms with Crippen molar-refractivity contribution in [2.24, 2.45) is 0 Å². The molecule has 1 N–H and O–H groups in total. The number of carbonyl (C=O) groups is 3. The maximum Gasteiger partial charge on any atom is 0.380 e. The van der Waals surface area contributed by atoms with E-state index in [-0.39, 0.29) is 6.42 Å². The lowest BCUT2D eigenvalue weighted by Gasteiger charge is -2.00. The third kappa shape index (κ3) is 4.18. The second kappa shape index (κ2) is 5.94. The molecule has 0 aliphatic heterocycles.